The number of rotatable bonds is 4. The lowest BCUT2D eigenvalue weighted by Gasteiger charge is -2.32. The lowest BCUT2D eigenvalue weighted by molar-refractivity contribution is 0.228. The molecule has 3 atom stereocenters. The van der Waals surface area contributed by atoms with Crippen LogP contribution < -0.4 is 5.73 Å². The summed E-state index contributed by atoms with van der Waals surface area (Å²) in [6.07, 6.45) is 7.86. The maximum atomic E-state index is 6.47. The van der Waals surface area contributed by atoms with Crippen molar-refractivity contribution in [1.29, 1.82) is 0 Å². The monoisotopic (exact) mass is 245 g/mol. The predicted molar refractivity (Wildman–Crippen MR) is 78.6 cm³/mol. The zero-order chi connectivity index (χ0) is 13.0. The van der Waals surface area contributed by atoms with Gasteiger partial charge in [-0.3, -0.25) is 0 Å². The second kappa shape index (κ2) is 6.38. The second-order valence-corrected chi connectivity index (χ2v) is 6.00. The number of hydrogen-bond acceptors (Lipinski definition) is 1. The van der Waals surface area contributed by atoms with Crippen LogP contribution in [0.15, 0.2) is 24.3 Å². The van der Waals surface area contributed by atoms with Crippen LogP contribution in [-0.4, -0.2) is 6.04 Å². The highest BCUT2D eigenvalue weighted by Crippen LogP contribution is 2.33. The zero-order valence-electron chi connectivity index (χ0n) is 11.9. The summed E-state index contributed by atoms with van der Waals surface area (Å²) >= 11 is 0. The van der Waals surface area contributed by atoms with Gasteiger partial charge < -0.3 is 5.73 Å². The van der Waals surface area contributed by atoms with E-state index >= 15 is 0 Å². The molecule has 1 aromatic carbocycles. The summed E-state index contributed by atoms with van der Waals surface area (Å²) in [6, 6.07) is 9.01. The molecule has 18 heavy (non-hydrogen) atoms. The first-order valence-electron chi connectivity index (χ1n) is 7.50. The molecule has 3 unspecified atom stereocenters. The van der Waals surface area contributed by atoms with Gasteiger partial charge in [0.15, 0.2) is 0 Å². The van der Waals surface area contributed by atoms with Crippen molar-refractivity contribution in [2.24, 2.45) is 17.6 Å². The molecule has 100 valence electrons. The van der Waals surface area contributed by atoms with E-state index in [-0.39, 0.29) is 0 Å². The van der Waals surface area contributed by atoms with Gasteiger partial charge in [-0.25, -0.2) is 0 Å². The van der Waals surface area contributed by atoms with Gasteiger partial charge in [0.1, 0.15) is 0 Å². The number of hydrogen-bond donors (Lipinski definition) is 1. The minimum Gasteiger partial charge on any atom is -0.327 e. The van der Waals surface area contributed by atoms with Gasteiger partial charge >= 0.3 is 0 Å². The quantitative estimate of drug-likeness (QED) is 0.850. The third kappa shape index (κ3) is 3.35. The van der Waals surface area contributed by atoms with E-state index in [0.29, 0.717) is 6.04 Å². The number of aryl methyl sites for hydroxylation is 1. The fourth-order valence-electron chi connectivity index (χ4n) is 3.35. The predicted octanol–water partition coefficient (Wildman–Crippen LogP) is 4.08. The summed E-state index contributed by atoms with van der Waals surface area (Å²) in [4.78, 5) is 0. The standard InChI is InChI=1S/C17H27N/c1-3-14-8-6-10-16(11-14)17(18)12-15-9-5-4-7-13(15)2/h4-5,7,9,14,16-17H,3,6,8,10-12,18H2,1-2H3. The van der Waals surface area contributed by atoms with Crippen molar-refractivity contribution in [2.75, 3.05) is 0 Å². The van der Waals surface area contributed by atoms with Crippen molar-refractivity contribution < 1.29 is 0 Å². The maximum absolute atomic E-state index is 6.47. The van der Waals surface area contributed by atoms with E-state index in [2.05, 4.69) is 38.1 Å². The molecule has 0 radical (unpaired) electrons. The molecule has 0 aliphatic heterocycles. The van der Waals surface area contributed by atoms with Crippen molar-refractivity contribution in [3.05, 3.63) is 35.4 Å². The van der Waals surface area contributed by atoms with Gasteiger partial charge in [0, 0.05) is 6.04 Å². The van der Waals surface area contributed by atoms with Crippen LogP contribution in [0.25, 0.3) is 0 Å². The molecule has 0 aromatic heterocycles. The Kier molecular flexibility index (Phi) is 4.82. The van der Waals surface area contributed by atoms with Crippen LogP contribution in [0.5, 0.6) is 0 Å². The minimum absolute atomic E-state index is 0.348. The van der Waals surface area contributed by atoms with Crippen LogP contribution in [-0.2, 0) is 6.42 Å². The Labute approximate surface area is 112 Å². The summed E-state index contributed by atoms with van der Waals surface area (Å²) in [5.41, 5.74) is 9.29. The van der Waals surface area contributed by atoms with Crippen LogP contribution in [0.1, 0.15) is 50.2 Å². The van der Waals surface area contributed by atoms with E-state index < -0.39 is 0 Å². The second-order valence-electron chi connectivity index (χ2n) is 6.00. The van der Waals surface area contributed by atoms with Crippen LogP contribution in [0.3, 0.4) is 0 Å². The van der Waals surface area contributed by atoms with Crippen molar-refractivity contribution in [3.8, 4) is 0 Å². The molecule has 0 amide bonds. The lowest BCUT2D eigenvalue weighted by Crippen LogP contribution is -2.35. The van der Waals surface area contributed by atoms with E-state index in [4.69, 9.17) is 5.73 Å². The van der Waals surface area contributed by atoms with Crippen molar-refractivity contribution in [1.82, 2.24) is 0 Å². The topological polar surface area (TPSA) is 26.0 Å². The van der Waals surface area contributed by atoms with Gasteiger partial charge in [-0.05, 0) is 49.1 Å². The third-order valence-corrected chi connectivity index (χ3v) is 4.72. The van der Waals surface area contributed by atoms with E-state index in [1.165, 1.54) is 43.2 Å². The average molecular weight is 245 g/mol. The molecule has 1 saturated carbocycles. The molecule has 2 rings (SSSR count). The normalized spacial score (nSPS) is 25.9. The van der Waals surface area contributed by atoms with E-state index in [9.17, 15) is 0 Å². The summed E-state index contributed by atoms with van der Waals surface area (Å²) in [6.45, 7) is 4.51. The van der Waals surface area contributed by atoms with Gasteiger partial charge in [-0.1, -0.05) is 50.5 Å². The van der Waals surface area contributed by atoms with Crippen molar-refractivity contribution in [3.63, 3.8) is 0 Å². The number of benzene rings is 1. The Hall–Kier alpha value is -0.820. The van der Waals surface area contributed by atoms with Gasteiger partial charge in [0.05, 0.1) is 0 Å². The third-order valence-electron chi connectivity index (χ3n) is 4.72. The summed E-state index contributed by atoms with van der Waals surface area (Å²) in [5.74, 6) is 1.66. The van der Waals surface area contributed by atoms with Crippen LogP contribution in [0, 0.1) is 18.8 Å². The first-order chi connectivity index (χ1) is 8.70. The molecule has 1 nitrogen and oxygen atoms in total. The Balaban J connectivity index is 1.95. The number of nitrogens with two attached hydrogens (primary N) is 1. The van der Waals surface area contributed by atoms with Crippen molar-refractivity contribution >= 4 is 0 Å². The van der Waals surface area contributed by atoms with Crippen LogP contribution >= 0.6 is 0 Å². The Bertz CT molecular complexity index is 372. The smallest absolute Gasteiger partial charge is 0.0108 e. The summed E-state index contributed by atoms with van der Waals surface area (Å²) < 4.78 is 0. The highest BCUT2D eigenvalue weighted by atomic mass is 14.7. The maximum Gasteiger partial charge on any atom is 0.0108 e. The molecule has 1 fully saturated rings. The molecule has 2 N–H and O–H groups in total. The fourth-order valence-corrected chi connectivity index (χ4v) is 3.35. The molecular weight excluding hydrogens is 218 g/mol. The van der Waals surface area contributed by atoms with E-state index in [0.717, 1.165) is 18.3 Å². The Morgan fingerprint density at radius 1 is 1.28 bits per heavy atom. The molecule has 0 bridgehead atoms. The first-order valence-corrected chi connectivity index (χ1v) is 7.50. The van der Waals surface area contributed by atoms with E-state index in [1.54, 1.807) is 0 Å². The van der Waals surface area contributed by atoms with Gasteiger partial charge in [-0.15, -0.1) is 0 Å². The van der Waals surface area contributed by atoms with Gasteiger partial charge in [0.2, 0.25) is 0 Å². The Morgan fingerprint density at radius 3 is 2.78 bits per heavy atom. The highest BCUT2D eigenvalue weighted by molar-refractivity contribution is 5.26. The molecular formula is C17H27N. The summed E-state index contributed by atoms with van der Waals surface area (Å²) in [7, 11) is 0. The molecule has 1 heteroatoms. The first kappa shape index (κ1) is 13.6. The summed E-state index contributed by atoms with van der Waals surface area (Å²) in [5, 5.41) is 0. The Morgan fingerprint density at radius 2 is 2.06 bits per heavy atom. The fraction of sp³-hybridized carbons (Fsp3) is 0.647. The van der Waals surface area contributed by atoms with Crippen molar-refractivity contribution in [2.45, 2.75) is 58.4 Å². The van der Waals surface area contributed by atoms with Crippen LogP contribution in [0.2, 0.25) is 0 Å². The average Bonchev–Trinajstić information content (AvgIpc) is 2.41. The molecule has 0 heterocycles. The highest BCUT2D eigenvalue weighted by Gasteiger charge is 2.25. The zero-order valence-corrected chi connectivity index (χ0v) is 11.9. The SMILES string of the molecule is CCC1CCCC(C(N)Cc2ccccc2C)C1. The molecule has 0 spiro atoms. The largest absolute Gasteiger partial charge is 0.327 e. The van der Waals surface area contributed by atoms with Crippen LogP contribution in [0.4, 0.5) is 0 Å². The minimum atomic E-state index is 0.348. The molecule has 1 aliphatic rings. The van der Waals surface area contributed by atoms with Gasteiger partial charge in [-0.2, -0.15) is 0 Å². The lowest BCUT2D eigenvalue weighted by atomic mass is 9.75. The molecule has 0 saturated heterocycles. The van der Waals surface area contributed by atoms with Gasteiger partial charge in [0.25, 0.3) is 0 Å². The van der Waals surface area contributed by atoms with E-state index in [1.807, 2.05) is 0 Å². The molecule has 1 aromatic rings. The molecule has 1 aliphatic carbocycles.